The van der Waals surface area contributed by atoms with Crippen LogP contribution in [0.3, 0.4) is 0 Å². The Morgan fingerprint density at radius 3 is 2.52 bits per heavy atom. The van der Waals surface area contributed by atoms with Crippen LogP contribution in [0.25, 0.3) is 11.0 Å². The number of rotatable bonds is 11. The monoisotopic (exact) mass is 601 g/mol. The lowest BCUT2D eigenvalue weighted by Gasteiger charge is -2.34. The maximum Gasteiger partial charge on any atom is 0.324 e. The number of H-pyrrole nitrogens is 2. The van der Waals surface area contributed by atoms with Gasteiger partial charge in [0.25, 0.3) is 0 Å². The number of carbonyl (C=O) groups is 1. The molecule has 1 aromatic heterocycles. The number of nitrogens with zero attached hydrogens (tertiary/aromatic N) is 2. The molecule has 228 valence electrons. The van der Waals surface area contributed by atoms with Crippen LogP contribution in [0.15, 0.2) is 52.2 Å². The fourth-order valence-electron chi connectivity index (χ4n) is 5.58. The summed E-state index contributed by atoms with van der Waals surface area (Å²) in [4.78, 5) is 31.8. The second-order valence-electron chi connectivity index (χ2n) is 11.1. The number of nitrogens with one attached hydrogen (secondary N) is 3. The second-order valence-corrected chi connectivity index (χ2v) is 13.0. The SMILES string of the molecule is CC(C)OC(=O)C1CCCN1S(=O)(=O)c1ccc(N2CCC(NCC(O)COc3cccc4[nH]c(=O)[nH]c34)CC2)cc1. The molecule has 2 aromatic carbocycles. The maximum atomic E-state index is 13.3. The lowest BCUT2D eigenvalue weighted by atomic mass is 10.0. The topological polar surface area (TPSA) is 157 Å². The van der Waals surface area contributed by atoms with Crippen LogP contribution in [0.2, 0.25) is 0 Å². The van der Waals surface area contributed by atoms with Gasteiger partial charge in [-0.25, -0.2) is 13.2 Å². The number of para-hydroxylation sites is 1. The number of fused-ring (bicyclic) bond motifs is 1. The summed E-state index contributed by atoms with van der Waals surface area (Å²) in [6.07, 6.45) is 1.79. The summed E-state index contributed by atoms with van der Waals surface area (Å²) < 4.78 is 39.0. The predicted octanol–water partition coefficient (Wildman–Crippen LogP) is 1.96. The van der Waals surface area contributed by atoms with Gasteiger partial charge in [0.2, 0.25) is 10.0 Å². The Balaban J connectivity index is 1.09. The average Bonchev–Trinajstić information content (AvgIpc) is 3.62. The van der Waals surface area contributed by atoms with Crippen molar-refractivity contribution < 1.29 is 27.8 Å². The molecule has 2 atom stereocenters. The Hall–Kier alpha value is -3.39. The van der Waals surface area contributed by atoms with E-state index in [0.717, 1.165) is 31.6 Å². The molecule has 0 aliphatic carbocycles. The van der Waals surface area contributed by atoms with E-state index in [0.29, 0.717) is 42.7 Å². The molecule has 3 aromatic rings. The molecule has 2 unspecified atom stereocenters. The van der Waals surface area contributed by atoms with Crippen molar-refractivity contribution in [3.63, 3.8) is 0 Å². The van der Waals surface area contributed by atoms with E-state index in [2.05, 4.69) is 20.2 Å². The first kappa shape index (κ1) is 30.1. The van der Waals surface area contributed by atoms with E-state index in [1.54, 1.807) is 44.2 Å². The zero-order valence-electron chi connectivity index (χ0n) is 23.9. The van der Waals surface area contributed by atoms with Crippen molar-refractivity contribution in [3.05, 3.63) is 52.9 Å². The summed E-state index contributed by atoms with van der Waals surface area (Å²) >= 11 is 0. The number of aromatic amines is 2. The van der Waals surface area contributed by atoms with Crippen molar-refractivity contribution in [2.75, 3.05) is 37.7 Å². The molecule has 0 bridgehead atoms. The van der Waals surface area contributed by atoms with Crippen LogP contribution in [-0.2, 0) is 19.6 Å². The van der Waals surface area contributed by atoms with Gasteiger partial charge in [-0.15, -0.1) is 0 Å². The summed E-state index contributed by atoms with van der Waals surface area (Å²) in [5.74, 6) is 0.0111. The van der Waals surface area contributed by atoms with Crippen molar-refractivity contribution in [1.82, 2.24) is 19.6 Å². The van der Waals surface area contributed by atoms with E-state index in [1.165, 1.54) is 4.31 Å². The van der Waals surface area contributed by atoms with Crippen molar-refractivity contribution in [2.45, 2.75) is 68.7 Å². The average molecular weight is 602 g/mol. The van der Waals surface area contributed by atoms with Gasteiger partial charge < -0.3 is 34.8 Å². The molecule has 2 aliphatic rings. The number of aromatic nitrogens is 2. The lowest BCUT2D eigenvalue weighted by molar-refractivity contribution is -0.151. The third-order valence-electron chi connectivity index (χ3n) is 7.72. The summed E-state index contributed by atoms with van der Waals surface area (Å²) in [6.45, 7) is 5.83. The summed E-state index contributed by atoms with van der Waals surface area (Å²) in [5, 5.41) is 13.9. The number of aliphatic hydroxyl groups is 1. The van der Waals surface area contributed by atoms with Gasteiger partial charge in [-0.1, -0.05) is 6.07 Å². The van der Waals surface area contributed by atoms with Gasteiger partial charge in [-0.05, 0) is 75.9 Å². The van der Waals surface area contributed by atoms with Gasteiger partial charge in [-0.2, -0.15) is 4.31 Å². The number of aliphatic hydroxyl groups excluding tert-OH is 1. The fourth-order valence-corrected chi connectivity index (χ4v) is 7.23. The number of sulfonamides is 1. The highest BCUT2D eigenvalue weighted by Gasteiger charge is 2.40. The van der Waals surface area contributed by atoms with Gasteiger partial charge in [0, 0.05) is 37.9 Å². The Morgan fingerprint density at radius 2 is 1.81 bits per heavy atom. The third kappa shape index (κ3) is 6.80. The normalized spacial score (nSPS) is 19.4. The van der Waals surface area contributed by atoms with Crippen LogP contribution in [0.5, 0.6) is 5.75 Å². The molecule has 2 saturated heterocycles. The van der Waals surface area contributed by atoms with E-state index >= 15 is 0 Å². The third-order valence-corrected chi connectivity index (χ3v) is 9.64. The zero-order valence-corrected chi connectivity index (χ0v) is 24.7. The standard InChI is InChI=1S/C29H39N5O7S/c1-19(2)41-28(36)25-6-4-14-34(25)42(38,39)23-10-8-21(9-11-23)33-15-12-20(13-16-33)30-17-22(35)18-40-26-7-3-5-24-27(26)32-29(37)31-24/h3,5,7-11,19-20,22,25,30,35H,4,6,12-18H2,1-2H3,(H2,31,32,37). The largest absolute Gasteiger partial charge is 0.489 e. The number of piperidine rings is 1. The van der Waals surface area contributed by atoms with E-state index < -0.39 is 28.1 Å². The van der Waals surface area contributed by atoms with E-state index in [1.807, 2.05) is 12.1 Å². The highest BCUT2D eigenvalue weighted by atomic mass is 32.2. The number of carbonyl (C=O) groups excluding carboxylic acids is 1. The number of ether oxygens (including phenoxy) is 2. The summed E-state index contributed by atoms with van der Waals surface area (Å²) in [7, 11) is -3.82. The Labute approximate surface area is 245 Å². The van der Waals surface area contributed by atoms with Crippen LogP contribution in [0.1, 0.15) is 39.5 Å². The van der Waals surface area contributed by atoms with E-state index in [-0.39, 0.29) is 29.3 Å². The molecule has 0 radical (unpaired) electrons. The Morgan fingerprint density at radius 1 is 1.07 bits per heavy atom. The molecule has 2 fully saturated rings. The smallest absolute Gasteiger partial charge is 0.324 e. The molecule has 42 heavy (non-hydrogen) atoms. The van der Waals surface area contributed by atoms with Gasteiger partial charge >= 0.3 is 11.7 Å². The molecule has 5 rings (SSSR count). The van der Waals surface area contributed by atoms with Gasteiger partial charge in [-0.3, -0.25) is 4.79 Å². The Kier molecular flexibility index (Phi) is 9.21. The number of imidazole rings is 1. The van der Waals surface area contributed by atoms with Crippen molar-refractivity contribution in [1.29, 1.82) is 0 Å². The minimum absolute atomic E-state index is 0.0878. The van der Waals surface area contributed by atoms with E-state index in [4.69, 9.17) is 9.47 Å². The molecule has 12 nitrogen and oxygen atoms in total. The molecule has 0 saturated carbocycles. The minimum atomic E-state index is -3.82. The molecular formula is C29H39N5O7S. The number of benzene rings is 2. The Bertz CT molecular complexity index is 1530. The van der Waals surface area contributed by atoms with Crippen LogP contribution in [0, 0.1) is 0 Å². The molecule has 2 aliphatic heterocycles. The van der Waals surface area contributed by atoms with Crippen molar-refractivity contribution in [3.8, 4) is 5.75 Å². The number of anilines is 1. The van der Waals surface area contributed by atoms with Crippen LogP contribution in [0.4, 0.5) is 5.69 Å². The van der Waals surface area contributed by atoms with Crippen LogP contribution >= 0.6 is 0 Å². The highest BCUT2D eigenvalue weighted by Crippen LogP contribution is 2.29. The van der Waals surface area contributed by atoms with Gasteiger partial charge in [0.1, 0.15) is 30.0 Å². The molecule has 13 heteroatoms. The van der Waals surface area contributed by atoms with E-state index in [9.17, 15) is 23.1 Å². The second kappa shape index (κ2) is 12.9. The van der Waals surface area contributed by atoms with Crippen LogP contribution in [-0.4, -0.2) is 90.8 Å². The van der Waals surface area contributed by atoms with Crippen molar-refractivity contribution in [2.24, 2.45) is 0 Å². The van der Waals surface area contributed by atoms with Gasteiger partial charge in [0.15, 0.2) is 0 Å². The zero-order chi connectivity index (χ0) is 29.9. The van der Waals surface area contributed by atoms with Crippen molar-refractivity contribution >= 4 is 32.7 Å². The number of hydrogen-bond donors (Lipinski definition) is 4. The first-order chi connectivity index (χ1) is 20.1. The maximum absolute atomic E-state index is 13.3. The lowest BCUT2D eigenvalue weighted by Crippen LogP contribution is -2.45. The fraction of sp³-hybridized carbons (Fsp3) is 0.517. The molecule has 0 amide bonds. The van der Waals surface area contributed by atoms with Crippen LogP contribution < -0.4 is 20.6 Å². The number of hydrogen-bond acceptors (Lipinski definition) is 9. The minimum Gasteiger partial charge on any atom is -0.489 e. The molecule has 4 N–H and O–H groups in total. The summed E-state index contributed by atoms with van der Waals surface area (Å²) in [6, 6.07) is 11.6. The molecule has 3 heterocycles. The molecular weight excluding hydrogens is 562 g/mol. The first-order valence-corrected chi connectivity index (χ1v) is 15.9. The first-order valence-electron chi connectivity index (χ1n) is 14.4. The highest BCUT2D eigenvalue weighted by molar-refractivity contribution is 7.89. The van der Waals surface area contributed by atoms with Gasteiger partial charge in [0.05, 0.1) is 16.5 Å². The predicted molar refractivity (Wildman–Crippen MR) is 158 cm³/mol. The number of esters is 1. The quantitative estimate of drug-likeness (QED) is 0.241. The molecule has 0 spiro atoms. The summed E-state index contributed by atoms with van der Waals surface area (Å²) in [5.41, 5.74) is 1.86.